The molecule has 0 bridgehead atoms. The second-order valence-electron chi connectivity index (χ2n) is 22.8. The van der Waals surface area contributed by atoms with E-state index in [2.05, 4.69) is 48.8 Å². The third-order valence-corrected chi connectivity index (χ3v) is 16.4. The van der Waals surface area contributed by atoms with Crippen LogP contribution in [-0.2, 0) is 33.6 Å². The van der Waals surface area contributed by atoms with Crippen molar-refractivity contribution in [2.75, 3.05) is 6.54 Å². The molecule has 2 aromatic heterocycles. The highest BCUT2D eigenvalue weighted by Gasteiger charge is 2.52. The van der Waals surface area contributed by atoms with Gasteiger partial charge in [-0.05, 0) is 117 Å². The first kappa shape index (κ1) is 53.2. The van der Waals surface area contributed by atoms with Crippen molar-refractivity contribution in [1.29, 1.82) is 0 Å². The molecule has 8 rings (SSSR count). The summed E-state index contributed by atoms with van der Waals surface area (Å²) in [7, 11) is 0. The van der Waals surface area contributed by atoms with Gasteiger partial charge in [-0.3, -0.25) is 58.4 Å². The molecular formula is C54H74N10O9. The molecule has 4 aliphatic carbocycles. The molecular weight excluding hydrogens is 933 g/mol. The maximum Gasteiger partial charge on any atom is 0.289 e. The quantitative estimate of drug-likeness (QED) is 0.0968. The van der Waals surface area contributed by atoms with Crippen molar-refractivity contribution in [2.24, 2.45) is 29.1 Å². The molecule has 0 aromatic carbocycles. The number of pyridine rings is 1. The van der Waals surface area contributed by atoms with Crippen LogP contribution in [0, 0.1) is 29.1 Å². The van der Waals surface area contributed by atoms with Crippen LogP contribution in [-0.4, -0.2) is 116 Å². The third kappa shape index (κ3) is 12.6. The van der Waals surface area contributed by atoms with Gasteiger partial charge < -0.3 is 31.5 Å². The molecule has 10 atom stereocenters. The molecule has 394 valence electrons. The van der Waals surface area contributed by atoms with E-state index in [0.29, 0.717) is 25.8 Å². The fourth-order valence-corrected chi connectivity index (χ4v) is 12.1. The number of imide groups is 1. The monoisotopic (exact) mass is 1010 g/mol. The third-order valence-electron chi connectivity index (χ3n) is 16.4. The van der Waals surface area contributed by atoms with Crippen molar-refractivity contribution < 1.29 is 43.2 Å². The highest BCUT2D eigenvalue weighted by atomic mass is 16.2. The molecule has 19 heteroatoms. The number of fused-ring (bicyclic) bond motifs is 1. The van der Waals surface area contributed by atoms with Crippen molar-refractivity contribution >= 4 is 53.0 Å². The Labute approximate surface area is 427 Å². The van der Waals surface area contributed by atoms with Crippen molar-refractivity contribution in [3.8, 4) is 0 Å². The van der Waals surface area contributed by atoms with E-state index in [1.165, 1.54) is 6.20 Å². The fourth-order valence-electron chi connectivity index (χ4n) is 12.1. The van der Waals surface area contributed by atoms with Gasteiger partial charge in [0.25, 0.3) is 17.7 Å². The Hall–Kier alpha value is -6.14. The molecule has 19 nitrogen and oxygen atoms in total. The molecule has 2 saturated heterocycles. The Morgan fingerprint density at radius 3 is 2.18 bits per heavy atom. The molecule has 6 N–H and O–H groups in total. The summed E-state index contributed by atoms with van der Waals surface area (Å²) >= 11 is 0. The van der Waals surface area contributed by atoms with Gasteiger partial charge in [-0.15, -0.1) is 0 Å². The number of piperidine rings is 1. The van der Waals surface area contributed by atoms with E-state index >= 15 is 0 Å². The lowest BCUT2D eigenvalue weighted by atomic mass is 9.71. The zero-order valence-electron chi connectivity index (χ0n) is 43.0. The van der Waals surface area contributed by atoms with Crippen LogP contribution in [0.3, 0.4) is 0 Å². The lowest BCUT2D eigenvalue weighted by Gasteiger charge is -2.38. The Morgan fingerprint density at radius 1 is 0.781 bits per heavy atom. The van der Waals surface area contributed by atoms with Crippen molar-refractivity contribution in [2.45, 2.75) is 192 Å². The summed E-state index contributed by atoms with van der Waals surface area (Å²) in [5.74, 6) is -4.37. The number of hydrogen-bond acceptors (Lipinski definition) is 12. The van der Waals surface area contributed by atoms with E-state index in [-0.39, 0.29) is 78.1 Å². The zero-order valence-corrected chi connectivity index (χ0v) is 43.0. The number of Topliss-reactive ketones (excluding diaryl/α,β-unsaturated/α-hetero) is 1. The number of hydrogen-bond donors (Lipinski definition) is 6. The second-order valence-corrected chi connectivity index (χ2v) is 22.8. The van der Waals surface area contributed by atoms with Crippen molar-refractivity contribution in [3.05, 3.63) is 53.4 Å². The van der Waals surface area contributed by atoms with Gasteiger partial charge in [-0.2, -0.15) is 0 Å². The molecule has 4 heterocycles. The Bertz CT molecular complexity index is 2410. The summed E-state index contributed by atoms with van der Waals surface area (Å²) in [5, 5.41) is 16.6. The van der Waals surface area contributed by atoms with Gasteiger partial charge in [-0.25, -0.2) is 4.98 Å². The molecule has 2 aliphatic heterocycles. The minimum atomic E-state index is -1.06. The first-order chi connectivity index (χ1) is 34.9. The van der Waals surface area contributed by atoms with Gasteiger partial charge in [-0.1, -0.05) is 72.8 Å². The average Bonchev–Trinajstić information content (AvgIpc) is 3.94. The first-order valence-electron chi connectivity index (χ1n) is 26.9. The summed E-state index contributed by atoms with van der Waals surface area (Å²) in [5.41, 5.74) is 1.22. The van der Waals surface area contributed by atoms with E-state index < -0.39 is 82.8 Å². The minimum absolute atomic E-state index is 0.0141. The van der Waals surface area contributed by atoms with E-state index in [1.807, 2.05) is 33.8 Å². The van der Waals surface area contributed by atoms with E-state index in [0.717, 1.165) is 81.9 Å². The fraction of sp³-hybridized carbons (Fsp3) is 0.667. The number of nitrogens with zero attached hydrogens (tertiary/aromatic N) is 4. The normalized spacial score (nSPS) is 26.6. The maximum atomic E-state index is 14.9. The van der Waals surface area contributed by atoms with Gasteiger partial charge >= 0.3 is 0 Å². The number of nitrogens with one attached hydrogen (secondary N) is 6. The van der Waals surface area contributed by atoms with Crippen molar-refractivity contribution in [3.63, 3.8) is 0 Å². The number of amides is 8. The second kappa shape index (κ2) is 23.0. The number of carbonyl (C=O) groups is 9. The number of rotatable bonds is 17. The van der Waals surface area contributed by atoms with Crippen LogP contribution in [0.25, 0.3) is 0 Å². The topological polar surface area (TPSA) is 268 Å². The van der Waals surface area contributed by atoms with Gasteiger partial charge in [0, 0.05) is 37.3 Å². The highest BCUT2D eigenvalue weighted by molar-refractivity contribution is 6.38. The number of aromatic nitrogens is 3. The number of carbonyl (C=O) groups excluding carboxylic acids is 9. The Balaban J connectivity index is 0.903. The highest BCUT2D eigenvalue weighted by Crippen LogP contribution is 2.45. The SMILES string of the molecule is CCC[C@H](NC(=O)[C@@H]1[C@H]2CCC[C@H]2CN1C(=O)[C@@H](NC(=O)[C@@H](NC(=O)c1cnc(C2CCC(c3ccc(C(=O)NC4CCC(=O)NC4=O)nc3)C(C)C2)cn1)C1CCCCC1)C(C)(C)C)C(=O)C(=O)NC1CC1. The average molecular weight is 1010 g/mol. The van der Waals surface area contributed by atoms with E-state index in [4.69, 9.17) is 4.98 Å². The molecule has 0 radical (unpaired) electrons. The lowest BCUT2D eigenvalue weighted by Crippen LogP contribution is -2.62. The van der Waals surface area contributed by atoms with Crippen LogP contribution < -0.4 is 31.9 Å². The molecule has 0 spiro atoms. The number of likely N-dealkylation sites (tertiary alicyclic amines) is 1. The van der Waals surface area contributed by atoms with Gasteiger partial charge in [0.05, 0.1) is 17.9 Å². The smallest absolute Gasteiger partial charge is 0.289 e. The van der Waals surface area contributed by atoms with Crippen LogP contribution in [0.2, 0.25) is 0 Å². The predicted octanol–water partition coefficient (Wildman–Crippen LogP) is 4.06. The molecule has 6 aliphatic rings. The van der Waals surface area contributed by atoms with E-state index in [1.54, 1.807) is 23.4 Å². The van der Waals surface area contributed by atoms with Crippen molar-refractivity contribution in [1.82, 2.24) is 51.8 Å². The largest absolute Gasteiger partial charge is 0.347 e. The Morgan fingerprint density at radius 2 is 1.53 bits per heavy atom. The molecule has 4 saturated carbocycles. The van der Waals surface area contributed by atoms with Crippen LogP contribution in [0.1, 0.15) is 188 Å². The molecule has 4 unspecified atom stereocenters. The molecule has 6 fully saturated rings. The van der Waals surface area contributed by atoms with Gasteiger partial charge in [0.2, 0.25) is 35.3 Å². The van der Waals surface area contributed by atoms with E-state index in [9.17, 15) is 43.2 Å². The summed E-state index contributed by atoms with van der Waals surface area (Å²) in [6.07, 6.45) is 16.9. The maximum absolute atomic E-state index is 14.9. The summed E-state index contributed by atoms with van der Waals surface area (Å²) < 4.78 is 0. The number of ketones is 1. The zero-order chi connectivity index (χ0) is 52.1. The van der Waals surface area contributed by atoms with Gasteiger partial charge in [0.1, 0.15) is 35.6 Å². The van der Waals surface area contributed by atoms with Gasteiger partial charge in [0.15, 0.2) is 0 Å². The standard InChI is InChI=1S/C54H74N10O9/c1-6-11-37(45(66)52(72)58-34-18-19-34)59-51(71)44-36-15-10-14-33(36)28-64(44)53(73)46(54(3,4)5)63-50(70)43(30-12-8-7-9-13-30)62-49(69)41-27-56-40(26-57-41)31-16-20-35(29(2)24-31)32-17-21-38(55-25-32)47(67)60-39-22-23-42(65)61-48(39)68/h17,21,25-27,29-31,33-37,39,43-44,46H,6-16,18-20,22-24,28H2,1-5H3,(H,58,72)(H,59,71)(H,60,67)(H,62,69)(H,63,70)(H,61,65,68)/t29?,31?,33-,35?,36-,37-,39?,43-,44-,46+/m0/s1. The van der Waals surface area contributed by atoms with Crippen LogP contribution >= 0.6 is 0 Å². The summed E-state index contributed by atoms with van der Waals surface area (Å²) in [6.45, 7) is 9.97. The van der Waals surface area contributed by atoms with Crippen LogP contribution in [0.5, 0.6) is 0 Å². The Kier molecular flexibility index (Phi) is 16.7. The lowest BCUT2D eigenvalue weighted by molar-refractivity contribution is -0.146. The minimum Gasteiger partial charge on any atom is -0.347 e. The van der Waals surface area contributed by atoms with Crippen LogP contribution in [0.4, 0.5) is 0 Å². The summed E-state index contributed by atoms with van der Waals surface area (Å²) in [4.78, 5) is 136. The van der Waals surface area contributed by atoms with Crippen LogP contribution in [0.15, 0.2) is 30.7 Å². The predicted molar refractivity (Wildman–Crippen MR) is 267 cm³/mol. The summed E-state index contributed by atoms with van der Waals surface area (Å²) in [6, 6.07) is -1.17. The first-order valence-corrected chi connectivity index (χ1v) is 26.9. The molecule has 73 heavy (non-hydrogen) atoms. The molecule has 2 aromatic rings. The molecule has 8 amide bonds.